The van der Waals surface area contributed by atoms with Crippen LogP contribution in [0.4, 0.5) is 10.1 Å². The number of carbonyl (C=O) groups excluding carboxylic acids is 1. The van der Waals surface area contributed by atoms with E-state index in [4.69, 9.17) is 0 Å². The number of benzene rings is 2. The fourth-order valence-corrected chi connectivity index (χ4v) is 4.08. The summed E-state index contributed by atoms with van der Waals surface area (Å²) in [6.45, 7) is 0.881. The van der Waals surface area contributed by atoms with Gasteiger partial charge in [0.05, 0.1) is 17.6 Å². The van der Waals surface area contributed by atoms with E-state index in [1.807, 2.05) is 0 Å². The highest BCUT2D eigenvalue weighted by atomic mass is 19.1. The quantitative estimate of drug-likeness (QED) is 0.593. The molecule has 1 aromatic heterocycles. The van der Waals surface area contributed by atoms with Gasteiger partial charge in [-0.25, -0.2) is 9.18 Å². The normalized spacial score (nSPS) is 15.1. The number of anilines is 1. The summed E-state index contributed by atoms with van der Waals surface area (Å²) in [5.41, 5.74) is 2.72. The molecule has 29 heavy (non-hydrogen) atoms. The Kier molecular flexibility index (Phi) is 5.76. The van der Waals surface area contributed by atoms with E-state index in [1.165, 1.54) is 31.4 Å². The van der Waals surface area contributed by atoms with Gasteiger partial charge < -0.3 is 15.3 Å². The third kappa shape index (κ3) is 4.92. The summed E-state index contributed by atoms with van der Waals surface area (Å²) in [5, 5.41) is 2.93. The number of halogens is 1. The molecule has 3 N–H and O–H groups in total. The molecular formula is C22H25FN4O2. The van der Waals surface area contributed by atoms with E-state index in [-0.39, 0.29) is 24.0 Å². The number of rotatable bonds is 6. The number of H-pyrrole nitrogens is 2. The van der Waals surface area contributed by atoms with Crippen molar-refractivity contribution in [1.29, 1.82) is 0 Å². The maximum absolute atomic E-state index is 13.2. The van der Waals surface area contributed by atoms with Gasteiger partial charge in [0.15, 0.2) is 0 Å². The van der Waals surface area contributed by atoms with Crippen molar-refractivity contribution in [3.05, 3.63) is 64.3 Å². The largest absolute Gasteiger partial charge is 0.325 e. The van der Waals surface area contributed by atoms with Crippen LogP contribution in [0, 0.1) is 5.82 Å². The van der Waals surface area contributed by atoms with E-state index in [2.05, 4.69) is 20.2 Å². The summed E-state index contributed by atoms with van der Waals surface area (Å²) >= 11 is 0. The molecule has 0 bridgehead atoms. The summed E-state index contributed by atoms with van der Waals surface area (Å²) < 4.78 is 13.2. The first-order valence-electron chi connectivity index (χ1n) is 10.1. The molecule has 0 saturated heterocycles. The topological polar surface area (TPSA) is 81.0 Å². The Balaban J connectivity index is 1.46. The maximum atomic E-state index is 13.2. The second-order valence-electron chi connectivity index (χ2n) is 7.71. The number of nitrogens with zero attached hydrogens (tertiary/aromatic N) is 1. The Hall–Kier alpha value is -2.93. The lowest BCUT2D eigenvalue weighted by atomic mass is 9.93. The number of hydrogen-bond donors (Lipinski definition) is 3. The summed E-state index contributed by atoms with van der Waals surface area (Å²) in [7, 11) is 0. The Morgan fingerprint density at radius 1 is 1.03 bits per heavy atom. The summed E-state index contributed by atoms with van der Waals surface area (Å²) in [6.07, 6.45) is 5.73. The predicted molar refractivity (Wildman–Crippen MR) is 111 cm³/mol. The van der Waals surface area contributed by atoms with Crippen LogP contribution in [0.25, 0.3) is 11.0 Å². The highest BCUT2D eigenvalue weighted by Crippen LogP contribution is 2.24. The lowest BCUT2D eigenvalue weighted by molar-refractivity contribution is -0.118. The van der Waals surface area contributed by atoms with Crippen LogP contribution in [-0.4, -0.2) is 33.4 Å². The standard InChI is InChI=1S/C22H25FN4O2/c23-16-8-6-15(7-9-16)13-27(18-4-2-1-3-5-18)14-21(28)24-17-10-11-19-20(12-17)26-22(29)25-19/h6-12,18H,1-5,13-14H2,(H,24,28)(H2,25,26,29). The summed E-state index contributed by atoms with van der Waals surface area (Å²) in [4.78, 5) is 31.7. The Morgan fingerprint density at radius 3 is 2.52 bits per heavy atom. The van der Waals surface area contributed by atoms with Crippen LogP contribution in [0.1, 0.15) is 37.7 Å². The number of imidazole rings is 1. The van der Waals surface area contributed by atoms with Gasteiger partial charge in [0.2, 0.25) is 5.91 Å². The van der Waals surface area contributed by atoms with Crippen LogP contribution in [0.15, 0.2) is 47.3 Å². The lowest BCUT2D eigenvalue weighted by Gasteiger charge is -2.34. The van der Waals surface area contributed by atoms with Gasteiger partial charge in [-0.15, -0.1) is 0 Å². The van der Waals surface area contributed by atoms with Gasteiger partial charge >= 0.3 is 5.69 Å². The number of aromatic amines is 2. The van der Waals surface area contributed by atoms with E-state index in [0.717, 1.165) is 18.4 Å². The molecule has 7 heteroatoms. The predicted octanol–water partition coefficient (Wildman–Crippen LogP) is 3.77. The van der Waals surface area contributed by atoms with Crippen LogP contribution < -0.4 is 11.0 Å². The molecule has 1 aliphatic rings. The molecular weight excluding hydrogens is 371 g/mol. The molecule has 1 saturated carbocycles. The van der Waals surface area contributed by atoms with Crippen molar-refractivity contribution in [2.45, 2.75) is 44.7 Å². The Labute approximate surface area is 168 Å². The van der Waals surface area contributed by atoms with Gasteiger partial charge in [-0.05, 0) is 48.7 Å². The molecule has 1 heterocycles. The van der Waals surface area contributed by atoms with Crippen molar-refractivity contribution in [3.63, 3.8) is 0 Å². The van der Waals surface area contributed by atoms with E-state index in [1.54, 1.807) is 30.3 Å². The van der Waals surface area contributed by atoms with E-state index < -0.39 is 0 Å². The minimum Gasteiger partial charge on any atom is -0.325 e. The van der Waals surface area contributed by atoms with Gasteiger partial charge in [-0.1, -0.05) is 31.4 Å². The minimum absolute atomic E-state index is 0.102. The van der Waals surface area contributed by atoms with Crippen molar-refractivity contribution in [2.24, 2.45) is 0 Å². The molecule has 0 aliphatic heterocycles. The van der Waals surface area contributed by atoms with Crippen molar-refractivity contribution in [1.82, 2.24) is 14.9 Å². The molecule has 2 aromatic carbocycles. The zero-order valence-electron chi connectivity index (χ0n) is 16.2. The van der Waals surface area contributed by atoms with Crippen LogP contribution in [0.5, 0.6) is 0 Å². The molecule has 1 aliphatic carbocycles. The van der Waals surface area contributed by atoms with Gasteiger partial charge in [0.25, 0.3) is 0 Å². The molecule has 4 rings (SSSR count). The average Bonchev–Trinajstić information content (AvgIpc) is 3.09. The van der Waals surface area contributed by atoms with Crippen molar-refractivity contribution in [2.75, 3.05) is 11.9 Å². The molecule has 0 radical (unpaired) electrons. The van der Waals surface area contributed by atoms with Crippen molar-refractivity contribution < 1.29 is 9.18 Å². The third-order valence-electron chi connectivity index (χ3n) is 5.54. The zero-order valence-corrected chi connectivity index (χ0v) is 16.2. The number of carbonyl (C=O) groups is 1. The van der Waals surface area contributed by atoms with Gasteiger partial charge in [0, 0.05) is 18.3 Å². The third-order valence-corrected chi connectivity index (χ3v) is 5.54. The van der Waals surface area contributed by atoms with E-state index in [0.29, 0.717) is 29.3 Å². The molecule has 6 nitrogen and oxygen atoms in total. The smallest absolute Gasteiger partial charge is 0.323 e. The number of amides is 1. The SMILES string of the molecule is O=C(CN(Cc1ccc(F)cc1)C1CCCCC1)Nc1ccc2[nH]c(=O)[nH]c2c1. The molecule has 1 amide bonds. The highest BCUT2D eigenvalue weighted by Gasteiger charge is 2.23. The number of fused-ring (bicyclic) bond motifs is 1. The van der Waals surface area contributed by atoms with Gasteiger partial charge in [0.1, 0.15) is 5.82 Å². The monoisotopic (exact) mass is 396 g/mol. The molecule has 3 aromatic rings. The number of hydrogen-bond acceptors (Lipinski definition) is 3. The van der Waals surface area contributed by atoms with Gasteiger partial charge in [-0.2, -0.15) is 0 Å². The van der Waals surface area contributed by atoms with Crippen LogP contribution in [0.3, 0.4) is 0 Å². The number of nitrogens with one attached hydrogen (secondary N) is 3. The molecule has 0 atom stereocenters. The first-order chi connectivity index (χ1) is 14.1. The Bertz CT molecular complexity index is 1030. The Morgan fingerprint density at radius 2 is 1.76 bits per heavy atom. The first kappa shape index (κ1) is 19.4. The molecule has 1 fully saturated rings. The second kappa shape index (κ2) is 8.61. The van der Waals surface area contributed by atoms with Crippen LogP contribution >= 0.6 is 0 Å². The molecule has 0 unspecified atom stereocenters. The second-order valence-corrected chi connectivity index (χ2v) is 7.71. The zero-order chi connectivity index (χ0) is 20.2. The van der Waals surface area contributed by atoms with Crippen LogP contribution in [-0.2, 0) is 11.3 Å². The van der Waals surface area contributed by atoms with E-state index in [9.17, 15) is 14.0 Å². The van der Waals surface area contributed by atoms with E-state index >= 15 is 0 Å². The van der Waals surface area contributed by atoms with Crippen molar-refractivity contribution in [3.8, 4) is 0 Å². The van der Waals surface area contributed by atoms with Crippen molar-refractivity contribution >= 4 is 22.6 Å². The maximum Gasteiger partial charge on any atom is 0.323 e. The summed E-state index contributed by atoms with van der Waals surface area (Å²) in [6, 6.07) is 12.1. The van der Waals surface area contributed by atoms with Crippen LogP contribution in [0.2, 0.25) is 0 Å². The molecule has 152 valence electrons. The lowest BCUT2D eigenvalue weighted by Crippen LogP contribution is -2.41. The van der Waals surface area contributed by atoms with Gasteiger partial charge in [-0.3, -0.25) is 9.69 Å². The fraction of sp³-hybridized carbons (Fsp3) is 0.364. The highest BCUT2D eigenvalue weighted by molar-refractivity contribution is 5.94. The first-order valence-corrected chi connectivity index (χ1v) is 10.1. The summed E-state index contributed by atoms with van der Waals surface area (Å²) in [5.74, 6) is -0.358. The fourth-order valence-electron chi connectivity index (χ4n) is 4.08. The minimum atomic E-state index is -0.272. The number of aromatic nitrogens is 2. The molecule has 0 spiro atoms. The average molecular weight is 396 g/mol.